The van der Waals surface area contributed by atoms with Crippen LogP contribution in [0, 0.1) is 46.3 Å². The lowest BCUT2D eigenvalue weighted by Crippen LogP contribution is -2.59. The van der Waals surface area contributed by atoms with Gasteiger partial charge in [-0.05, 0) is 91.8 Å². The molecule has 4 saturated carbocycles. The topological polar surface area (TPSA) is 52.6 Å². The molecule has 4 heteroatoms. The van der Waals surface area contributed by atoms with Gasteiger partial charge in [-0.15, -0.1) is 0 Å². The van der Waals surface area contributed by atoms with E-state index in [1.54, 1.807) is 6.92 Å². The van der Waals surface area contributed by atoms with Crippen LogP contribution in [-0.2, 0) is 19.1 Å². The maximum Gasteiger partial charge on any atom is 0.302 e. The zero-order valence-corrected chi connectivity index (χ0v) is 21.3. The second-order valence-corrected chi connectivity index (χ2v) is 12.4. The van der Waals surface area contributed by atoms with Crippen LogP contribution in [0.3, 0.4) is 0 Å². The van der Waals surface area contributed by atoms with Gasteiger partial charge in [0, 0.05) is 19.8 Å². The molecule has 4 nitrogen and oxygen atoms in total. The number of ether oxygens (including phenoxy) is 2. The van der Waals surface area contributed by atoms with Gasteiger partial charge in [0.15, 0.2) is 0 Å². The first-order valence-corrected chi connectivity index (χ1v) is 13.4. The fourth-order valence-electron chi connectivity index (χ4n) is 9.47. The molecule has 0 unspecified atom stereocenters. The van der Waals surface area contributed by atoms with E-state index in [9.17, 15) is 9.59 Å². The van der Waals surface area contributed by atoms with Crippen LogP contribution in [0.4, 0.5) is 0 Å². The first kappa shape index (κ1) is 24.1. The predicted molar refractivity (Wildman–Crippen MR) is 126 cm³/mol. The minimum Gasteiger partial charge on any atom is -0.463 e. The van der Waals surface area contributed by atoms with Crippen molar-refractivity contribution in [1.82, 2.24) is 0 Å². The lowest BCUT2D eigenvalue weighted by atomic mass is 9.43. The fourth-order valence-corrected chi connectivity index (χ4v) is 9.47. The molecular formula is C28H46O4. The molecule has 0 aromatic heterocycles. The second kappa shape index (κ2) is 8.95. The minimum absolute atomic E-state index is 0.0245. The molecule has 0 amide bonds. The molecule has 182 valence electrons. The average molecular weight is 447 g/mol. The third-order valence-corrected chi connectivity index (χ3v) is 10.8. The fraction of sp³-hybridized carbons (Fsp3) is 0.929. The number of carbonyl (C=O) groups excluding carboxylic acids is 2. The Morgan fingerprint density at radius 2 is 1.56 bits per heavy atom. The molecule has 0 spiro atoms. The molecule has 32 heavy (non-hydrogen) atoms. The Morgan fingerprint density at radius 3 is 2.22 bits per heavy atom. The van der Waals surface area contributed by atoms with Gasteiger partial charge in [-0.1, -0.05) is 40.5 Å². The summed E-state index contributed by atoms with van der Waals surface area (Å²) in [5.74, 6) is 3.51. The van der Waals surface area contributed by atoms with Crippen molar-refractivity contribution in [2.24, 2.45) is 46.3 Å². The molecule has 4 fully saturated rings. The Kier molecular flexibility index (Phi) is 6.73. The highest BCUT2D eigenvalue weighted by Crippen LogP contribution is 2.68. The third-order valence-electron chi connectivity index (χ3n) is 10.8. The highest BCUT2D eigenvalue weighted by atomic mass is 16.5. The quantitative estimate of drug-likeness (QED) is 0.449. The van der Waals surface area contributed by atoms with Crippen LogP contribution < -0.4 is 0 Å². The molecule has 0 bridgehead atoms. The molecule has 0 heterocycles. The standard InChI is InChI=1S/C28H46O4/c1-7-8-17(2)22-9-10-23-26-24(12-14-28(22,23)6)27(5)13-11-21(31-18(3)29)15-20(27)16-25(26)32-19(4)30/h17,20-26H,7-16H2,1-6H3/t17-,20+,21-,22-,23+,24+,25-,26+,27+,28-/m1/s1. The number of fused-ring (bicyclic) bond motifs is 5. The van der Waals surface area contributed by atoms with Gasteiger partial charge in [-0.3, -0.25) is 9.59 Å². The number of hydrogen-bond acceptors (Lipinski definition) is 4. The van der Waals surface area contributed by atoms with Gasteiger partial charge in [0.2, 0.25) is 0 Å². The van der Waals surface area contributed by atoms with E-state index in [0.29, 0.717) is 29.1 Å². The summed E-state index contributed by atoms with van der Waals surface area (Å²) in [6.45, 7) is 13.0. The predicted octanol–water partition coefficient (Wildman–Crippen LogP) is 6.55. The van der Waals surface area contributed by atoms with Crippen LogP contribution in [0.2, 0.25) is 0 Å². The van der Waals surface area contributed by atoms with Gasteiger partial charge < -0.3 is 9.47 Å². The van der Waals surface area contributed by atoms with Crippen LogP contribution in [0.5, 0.6) is 0 Å². The molecular weight excluding hydrogens is 400 g/mol. The monoisotopic (exact) mass is 446 g/mol. The molecule has 10 atom stereocenters. The lowest BCUT2D eigenvalue weighted by Gasteiger charge is -2.62. The number of hydrogen-bond donors (Lipinski definition) is 0. The van der Waals surface area contributed by atoms with E-state index < -0.39 is 0 Å². The molecule has 4 rings (SSSR count). The molecule has 0 aromatic rings. The van der Waals surface area contributed by atoms with E-state index in [1.807, 2.05) is 0 Å². The molecule has 4 aliphatic rings. The Balaban J connectivity index is 1.62. The van der Waals surface area contributed by atoms with Crippen LogP contribution in [0.25, 0.3) is 0 Å². The van der Waals surface area contributed by atoms with Crippen molar-refractivity contribution in [3.05, 3.63) is 0 Å². The Labute approximate surface area is 195 Å². The van der Waals surface area contributed by atoms with Gasteiger partial charge in [0.1, 0.15) is 12.2 Å². The highest BCUT2D eigenvalue weighted by molar-refractivity contribution is 5.66. The normalized spacial score (nSPS) is 46.4. The van der Waals surface area contributed by atoms with Crippen LogP contribution >= 0.6 is 0 Å². The summed E-state index contributed by atoms with van der Waals surface area (Å²) < 4.78 is 11.8. The summed E-state index contributed by atoms with van der Waals surface area (Å²) in [6, 6.07) is 0. The van der Waals surface area contributed by atoms with Crippen LogP contribution in [0.15, 0.2) is 0 Å². The van der Waals surface area contributed by atoms with Crippen LogP contribution in [0.1, 0.15) is 106 Å². The average Bonchev–Trinajstić information content (AvgIpc) is 3.05. The number of carbonyl (C=O) groups is 2. The summed E-state index contributed by atoms with van der Waals surface area (Å²) >= 11 is 0. The van der Waals surface area contributed by atoms with Gasteiger partial charge in [-0.25, -0.2) is 0 Å². The van der Waals surface area contributed by atoms with Gasteiger partial charge in [0.25, 0.3) is 0 Å². The van der Waals surface area contributed by atoms with E-state index in [2.05, 4.69) is 27.7 Å². The van der Waals surface area contributed by atoms with Gasteiger partial charge in [0.05, 0.1) is 0 Å². The van der Waals surface area contributed by atoms with E-state index in [0.717, 1.165) is 37.5 Å². The minimum atomic E-state index is -0.171. The van der Waals surface area contributed by atoms with Crippen molar-refractivity contribution in [1.29, 1.82) is 0 Å². The maximum atomic E-state index is 12.2. The van der Waals surface area contributed by atoms with E-state index >= 15 is 0 Å². The first-order valence-electron chi connectivity index (χ1n) is 13.4. The highest BCUT2D eigenvalue weighted by Gasteiger charge is 2.63. The van der Waals surface area contributed by atoms with Crippen molar-refractivity contribution in [2.75, 3.05) is 0 Å². The molecule has 4 aliphatic carbocycles. The van der Waals surface area contributed by atoms with Gasteiger partial charge >= 0.3 is 11.9 Å². The molecule has 0 N–H and O–H groups in total. The Hall–Kier alpha value is -1.06. The third kappa shape index (κ3) is 4.02. The second-order valence-electron chi connectivity index (χ2n) is 12.4. The van der Waals surface area contributed by atoms with Crippen molar-refractivity contribution < 1.29 is 19.1 Å². The number of rotatable bonds is 5. The summed E-state index contributed by atoms with van der Waals surface area (Å²) in [5.41, 5.74) is 0.651. The van der Waals surface area contributed by atoms with Crippen molar-refractivity contribution in [3.8, 4) is 0 Å². The maximum absolute atomic E-state index is 12.2. The SMILES string of the molecule is CCC[C@@H](C)[C@H]1CC[C@H]2[C@@H]3[C@H](OC(C)=O)C[C@@H]4C[C@H](OC(C)=O)CC[C@]4(C)[C@H]3CC[C@]12C. The molecule has 0 aliphatic heterocycles. The number of esters is 2. The summed E-state index contributed by atoms with van der Waals surface area (Å²) in [5, 5.41) is 0. The van der Waals surface area contributed by atoms with Crippen molar-refractivity contribution >= 4 is 11.9 Å². The zero-order chi connectivity index (χ0) is 23.3. The zero-order valence-electron chi connectivity index (χ0n) is 21.3. The molecule has 0 aromatic carbocycles. The summed E-state index contributed by atoms with van der Waals surface area (Å²) in [4.78, 5) is 23.8. The Bertz CT molecular complexity index is 718. The smallest absolute Gasteiger partial charge is 0.302 e. The van der Waals surface area contributed by atoms with Crippen molar-refractivity contribution in [3.63, 3.8) is 0 Å². The first-order chi connectivity index (χ1) is 15.1. The van der Waals surface area contributed by atoms with E-state index in [1.165, 1.54) is 45.4 Å². The summed E-state index contributed by atoms with van der Waals surface area (Å²) in [7, 11) is 0. The largest absolute Gasteiger partial charge is 0.463 e. The Morgan fingerprint density at radius 1 is 0.906 bits per heavy atom. The molecule has 0 saturated heterocycles. The van der Waals surface area contributed by atoms with Crippen molar-refractivity contribution in [2.45, 2.75) is 118 Å². The van der Waals surface area contributed by atoms with Crippen LogP contribution in [-0.4, -0.2) is 24.1 Å². The van der Waals surface area contributed by atoms with E-state index in [-0.39, 0.29) is 29.6 Å². The van der Waals surface area contributed by atoms with E-state index in [4.69, 9.17) is 9.47 Å². The lowest BCUT2D eigenvalue weighted by molar-refractivity contribution is -0.197. The summed E-state index contributed by atoms with van der Waals surface area (Å²) in [6.07, 6.45) is 11.8. The molecule has 0 radical (unpaired) electrons. The van der Waals surface area contributed by atoms with Gasteiger partial charge in [-0.2, -0.15) is 0 Å².